The second-order valence-electron chi connectivity index (χ2n) is 4.73. The molecule has 0 saturated carbocycles. The lowest BCUT2D eigenvalue weighted by molar-refractivity contribution is 0.599. The van der Waals surface area contributed by atoms with E-state index in [1.165, 1.54) is 12.1 Å². The number of halogens is 2. The third-order valence-electron chi connectivity index (χ3n) is 3.18. The zero-order valence-electron chi connectivity index (χ0n) is 11.7. The average Bonchev–Trinajstić information content (AvgIpc) is 2.42. The van der Waals surface area contributed by atoms with Crippen LogP contribution in [0.1, 0.15) is 11.1 Å². The minimum absolute atomic E-state index is 0.272. The predicted octanol–water partition coefficient (Wildman–Crippen LogP) is 3.32. The lowest BCUT2D eigenvalue weighted by atomic mass is 10.1. The molecule has 0 unspecified atom stereocenters. The SMILES string of the molecule is CNCc1cccc(F)c1N(C)Cc1ccccc1F. The minimum atomic E-state index is -0.295. The van der Waals surface area contributed by atoms with E-state index in [0.717, 1.165) is 5.56 Å². The van der Waals surface area contributed by atoms with Gasteiger partial charge >= 0.3 is 0 Å². The number of para-hydroxylation sites is 1. The Morgan fingerprint density at radius 3 is 2.30 bits per heavy atom. The number of hydrogen-bond donors (Lipinski definition) is 1. The fourth-order valence-electron chi connectivity index (χ4n) is 2.28. The Bertz CT molecular complexity index is 584. The molecule has 0 saturated heterocycles. The van der Waals surface area contributed by atoms with E-state index in [1.54, 1.807) is 36.2 Å². The number of anilines is 1. The van der Waals surface area contributed by atoms with Crippen molar-refractivity contribution >= 4 is 5.69 Å². The van der Waals surface area contributed by atoms with E-state index in [-0.39, 0.29) is 11.6 Å². The molecule has 20 heavy (non-hydrogen) atoms. The zero-order valence-corrected chi connectivity index (χ0v) is 11.7. The van der Waals surface area contributed by atoms with Gasteiger partial charge in [0.1, 0.15) is 11.6 Å². The van der Waals surface area contributed by atoms with Crippen LogP contribution in [0.5, 0.6) is 0 Å². The van der Waals surface area contributed by atoms with Crippen molar-refractivity contribution in [3.63, 3.8) is 0 Å². The standard InChI is InChI=1S/C16H18F2N2/c1-19-10-12-7-5-9-15(18)16(12)20(2)11-13-6-3-4-8-14(13)17/h3-9,19H,10-11H2,1-2H3. The highest BCUT2D eigenvalue weighted by Crippen LogP contribution is 2.25. The van der Waals surface area contributed by atoms with E-state index in [1.807, 2.05) is 13.1 Å². The van der Waals surface area contributed by atoms with E-state index in [4.69, 9.17) is 0 Å². The smallest absolute Gasteiger partial charge is 0.146 e. The average molecular weight is 276 g/mol. The van der Waals surface area contributed by atoms with Crippen molar-refractivity contribution in [3.8, 4) is 0 Å². The molecule has 106 valence electrons. The highest BCUT2D eigenvalue weighted by atomic mass is 19.1. The van der Waals surface area contributed by atoms with Crippen LogP contribution in [0.15, 0.2) is 42.5 Å². The van der Waals surface area contributed by atoms with Crippen LogP contribution in [0, 0.1) is 11.6 Å². The summed E-state index contributed by atoms with van der Waals surface area (Å²) in [6.07, 6.45) is 0. The third-order valence-corrected chi connectivity index (χ3v) is 3.18. The third kappa shape index (κ3) is 3.14. The van der Waals surface area contributed by atoms with E-state index in [0.29, 0.717) is 24.3 Å². The molecule has 0 bridgehead atoms. The van der Waals surface area contributed by atoms with Gasteiger partial charge in [0, 0.05) is 25.7 Å². The van der Waals surface area contributed by atoms with Gasteiger partial charge in [-0.3, -0.25) is 0 Å². The van der Waals surface area contributed by atoms with Gasteiger partial charge in [0.15, 0.2) is 0 Å². The van der Waals surface area contributed by atoms with Crippen molar-refractivity contribution in [2.24, 2.45) is 0 Å². The monoisotopic (exact) mass is 276 g/mol. The first-order chi connectivity index (χ1) is 9.63. The Morgan fingerprint density at radius 2 is 1.60 bits per heavy atom. The van der Waals surface area contributed by atoms with Crippen molar-refractivity contribution in [1.29, 1.82) is 0 Å². The zero-order chi connectivity index (χ0) is 14.5. The molecule has 0 aromatic heterocycles. The van der Waals surface area contributed by atoms with E-state index < -0.39 is 0 Å². The highest BCUT2D eigenvalue weighted by molar-refractivity contribution is 5.54. The molecule has 0 atom stereocenters. The summed E-state index contributed by atoms with van der Waals surface area (Å²) in [5.74, 6) is -0.567. The van der Waals surface area contributed by atoms with Crippen LogP contribution in [0.3, 0.4) is 0 Å². The summed E-state index contributed by atoms with van der Waals surface area (Å²) in [7, 11) is 3.58. The first-order valence-corrected chi connectivity index (χ1v) is 6.50. The topological polar surface area (TPSA) is 15.3 Å². The second kappa shape index (κ2) is 6.48. The lowest BCUT2D eigenvalue weighted by Crippen LogP contribution is -2.21. The summed E-state index contributed by atoms with van der Waals surface area (Å²) < 4.78 is 27.7. The maximum absolute atomic E-state index is 14.1. The number of benzene rings is 2. The molecule has 0 aliphatic heterocycles. The molecular formula is C16H18F2N2. The molecule has 0 aliphatic carbocycles. The summed E-state index contributed by atoms with van der Waals surface area (Å²) in [4.78, 5) is 1.74. The Labute approximate surface area is 118 Å². The summed E-state index contributed by atoms with van der Waals surface area (Å²) >= 11 is 0. The second-order valence-corrected chi connectivity index (χ2v) is 4.73. The Hall–Kier alpha value is -1.94. The van der Waals surface area contributed by atoms with Crippen molar-refractivity contribution in [3.05, 3.63) is 65.2 Å². The Kier molecular flexibility index (Phi) is 4.69. The fourth-order valence-corrected chi connectivity index (χ4v) is 2.28. The van der Waals surface area contributed by atoms with E-state index >= 15 is 0 Å². The molecule has 4 heteroatoms. The number of nitrogens with zero attached hydrogens (tertiary/aromatic N) is 1. The van der Waals surface area contributed by atoms with E-state index in [2.05, 4.69) is 5.32 Å². The largest absolute Gasteiger partial charge is 0.368 e. The Morgan fingerprint density at radius 1 is 0.950 bits per heavy atom. The quantitative estimate of drug-likeness (QED) is 0.901. The molecule has 0 heterocycles. The van der Waals surface area contributed by atoms with Crippen LogP contribution in [0.2, 0.25) is 0 Å². The van der Waals surface area contributed by atoms with Crippen LogP contribution < -0.4 is 10.2 Å². The van der Waals surface area contributed by atoms with Gasteiger partial charge in [-0.15, -0.1) is 0 Å². The van der Waals surface area contributed by atoms with Crippen molar-refractivity contribution in [1.82, 2.24) is 5.32 Å². The van der Waals surface area contributed by atoms with Gasteiger partial charge < -0.3 is 10.2 Å². The lowest BCUT2D eigenvalue weighted by Gasteiger charge is -2.23. The summed E-state index contributed by atoms with van der Waals surface area (Å²) in [6, 6.07) is 11.5. The van der Waals surface area contributed by atoms with Crippen molar-refractivity contribution < 1.29 is 8.78 Å². The number of nitrogens with one attached hydrogen (secondary N) is 1. The number of rotatable bonds is 5. The molecule has 0 aliphatic rings. The molecular weight excluding hydrogens is 258 g/mol. The molecule has 0 spiro atoms. The van der Waals surface area contributed by atoms with Crippen LogP contribution in [0.4, 0.5) is 14.5 Å². The van der Waals surface area contributed by atoms with Gasteiger partial charge in [-0.05, 0) is 24.7 Å². The maximum Gasteiger partial charge on any atom is 0.146 e. The van der Waals surface area contributed by atoms with Crippen molar-refractivity contribution in [2.75, 3.05) is 19.0 Å². The molecule has 2 rings (SSSR count). The Balaban J connectivity index is 2.29. The molecule has 1 N–H and O–H groups in total. The van der Waals surface area contributed by atoms with Gasteiger partial charge in [0.05, 0.1) is 5.69 Å². The van der Waals surface area contributed by atoms with Crippen LogP contribution in [0.25, 0.3) is 0 Å². The normalized spacial score (nSPS) is 10.6. The van der Waals surface area contributed by atoms with Crippen LogP contribution in [-0.2, 0) is 13.1 Å². The molecule has 2 nitrogen and oxygen atoms in total. The van der Waals surface area contributed by atoms with Gasteiger partial charge in [-0.25, -0.2) is 8.78 Å². The van der Waals surface area contributed by atoms with Gasteiger partial charge in [0.25, 0.3) is 0 Å². The molecule has 0 radical (unpaired) electrons. The first-order valence-electron chi connectivity index (χ1n) is 6.50. The molecule has 2 aromatic rings. The predicted molar refractivity (Wildman–Crippen MR) is 77.7 cm³/mol. The van der Waals surface area contributed by atoms with Gasteiger partial charge in [0.2, 0.25) is 0 Å². The minimum Gasteiger partial charge on any atom is -0.368 e. The fraction of sp³-hybridized carbons (Fsp3) is 0.250. The van der Waals surface area contributed by atoms with Crippen LogP contribution in [-0.4, -0.2) is 14.1 Å². The highest BCUT2D eigenvalue weighted by Gasteiger charge is 2.14. The summed E-state index contributed by atoms with van der Waals surface area (Å²) in [5, 5.41) is 3.01. The molecule has 0 fully saturated rings. The van der Waals surface area contributed by atoms with Gasteiger partial charge in [-0.2, -0.15) is 0 Å². The van der Waals surface area contributed by atoms with Crippen molar-refractivity contribution in [2.45, 2.75) is 13.1 Å². The summed E-state index contributed by atoms with van der Waals surface area (Å²) in [6.45, 7) is 0.888. The first kappa shape index (κ1) is 14.5. The summed E-state index contributed by atoms with van der Waals surface area (Å²) in [5.41, 5.74) is 1.91. The van der Waals surface area contributed by atoms with E-state index in [9.17, 15) is 8.78 Å². The molecule has 0 amide bonds. The number of hydrogen-bond acceptors (Lipinski definition) is 2. The van der Waals surface area contributed by atoms with Crippen LogP contribution >= 0.6 is 0 Å². The maximum atomic E-state index is 14.1. The van der Waals surface area contributed by atoms with Gasteiger partial charge in [-0.1, -0.05) is 30.3 Å². The molecule has 2 aromatic carbocycles.